The summed E-state index contributed by atoms with van der Waals surface area (Å²) in [5.74, 6) is -1.34. The second kappa shape index (κ2) is 11.3. The molecular weight excluding hydrogens is 332 g/mol. The minimum atomic E-state index is -0.785. The van der Waals surface area contributed by atoms with Gasteiger partial charge in [-0.1, -0.05) is 57.5 Å². The summed E-state index contributed by atoms with van der Waals surface area (Å²) in [5.41, 5.74) is 0.866. The molecule has 1 rings (SSSR count). The molecule has 0 fully saturated rings. The lowest BCUT2D eigenvalue weighted by molar-refractivity contribution is -0.152. The normalized spacial score (nSPS) is 13.0. The fourth-order valence-electron chi connectivity index (χ4n) is 2.55. The Morgan fingerprint density at radius 2 is 1.65 bits per heavy atom. The first-order valence-corrected chi connectivity index (χ1v) is 9.12. The van der Waals surface area contributed by atoms with Gasteiger partial charge in [-0.05, 0) is 24.8 Å². The first-order chi connectivity index (χ1) is 12.3. The Hall–Kier alpha value is -2.37. The molecule has 1 aromatic rings. The van der Waals surface area contributed by atoms with Crippen molar-refractivity contribution in [2.45, 2.75) is 59.0 Å². The molecule has 0 bridgehead atoms. The van der Waals surface area contributed by atoms with Crippen LogP contribution in [0.3, 0.4) is 0 Å². The van der Waals surface area contributed by atoms with Gasteiger partial charge in [-0.2, -0.15) is 0 Å². The third kappa shape index (κ3) is 8.14. The second-order valence-electron chi connectivity index (χ2n) is 6.82. The van der Waals surface area contributed by atoms with E-state index in [0.717, 1.165) is 18.4 Å². The van der Waals surface area contributed by atoms with Crippen LogP contribution in [0.25, 0.3) is 0 Å². The monoisotopic (exact) mass is 362 g/mol. The highest BCUT2D eigenvalue weighted by Gasteiger charge is 2.26. The topological polar surface area (TPSA) is 84.5 Å². The first kappa shape index (κ1) is 21.7. The maximum absolute atomic E-state index is 12.3. The fraction of sp³-hybridized carbons (Fsp3) is 0.550. The molecule has 6 nitrogen and oxygen atoms in total. The van der Waals surface area contributed by atoms with Gasteiger partial charge in [0, 0.05) is 6.04 Å². The van der Waals surface area contributed by atoms with E-state index < -0.39 is 12.0 Å². The molecule has 6 heteroatoms. The molecule has 0 aliphatic rings. The fourth-order valence-corrected chi connectivity index (χ4v) is 2.55. The largest absolute Gasteiger partial charge is 0.454 e. The van der Waals surface area contributed by atoms with Gasteiger partial charge in [0.15, 0.2) is 6.61 Å². The second-order valence-corrected chi connectivity index (χ2v) is 6.82. The summed E-state index contributed by atoms with van der Waals surface area (Å²) in [6, 6.07) is 8.55. The number of hydrogen-bond acceptors (Lipinski definition) is 4. The van der Waals surface area contributed by atoms with Crippen molar-refractivity contribution in [2.24, 2.45) is 5.92 Å². The highest BCUT2D eigenvalue weighted by atomic mass is 16.5. The zero-order chi connectivity index (χ0) is 19.5. The van der Waals surface area contributed by atoms with Crippen LogP contribution in [0.5, 0.6) is 0 Å². The number of carbonyl (C=O) groups excluding carboxylic acids is 3. The Labute approximate surface area is 155 Å². The van der Waals surface area contributed by atoms with Gasteiger partial charge in [-0.25, -0.2) is 4.79 Å². The van der Waals surface area contributed by atoms with Crippen LogP contribution in [0.2, 0.25) is 0 Å². The lowest BCUT2D eigenvalue weighted by atomic mass is 10.0. The maximum atomic E-state index is 12.3. The predicted octanol–water partition coefficient (Wildman–Crippen LogP) is 2.22. The third-order valence-corrected chi connectivity index (χ3v) is 3.92. The highest BCUT2D eigenvalue weighted by molar-refractivity contribution is 5.87. The summed E-state index contributed by atoms with van der Waals surface area (Å²) in [6.07, 6.45) is 2.01. The third-order valence-electron chi connectivity index (χ3n) is 3.92. The van der Waals surface area contributed by atoms with E-state index in [-0.39, 0.29) is 36.8 Å². The highest BCUT2D eigenvalue weighted by Crippen LogP contribution is 2.06. The van der Waals surface area contributed by atoms with Gasteiger partial charge in [-0.15, -0.1) is 0 Å². The first-order valence-electron chi connectivity index (χ1n) is 9.12. The summed E-state index contributed by atoms with van der Waals surface area (Å²) in [6.45, 7) is 7.24. The maximum Gasteiger partial charge on any atom is 0.329 e. The number of nitrogens with one attached hydrogen (secondary N) is 2. The van der Waals surface area contributed by atoms with E-state index in [1.807, 2.05) is 58.0 Å². The molecule has 0 aromatic heterocycles. The van der Waals surface area contributed by atoms with Crippen molar-refractivity contribution in [2.75, 3.05) is 6.61 Å². The van der Waals surface area contributed by atoms with Crippen LogP contribution in [0.15, 0.2) is 30.3 Å². The van der Waals surface area contributed by atoms with Crippen molar-refractivity contribution in [3.63, 3.8) is 0 Å². The SMILES string of the molecule is CCC[C@@H](C)NC(=O)COC(=O)[C@@H](NC(=O)Cc1ccccc1)C(C)C. The van der Waals surface area contributed by atoms with E-state index in [0.29, 0.717) is 0 Å². The van der Waals surface area contributed by atoms with Crippen LogP contribution in [0.4, 0.5) is 0 Å². The molecule has 2 atom stereocenters. The molecule has 1 aromatic carbocycles. The van der Waals surface area contributed by atoms with E-state index in [2.05, 4.69) is 10.6 Å². The standard InChI is InChI=1S/C20H30N2O4/c1-5-9-15(4)21-18(24)13-26-20(25)19(14(2)3)22-17(23)12-16-10-7-6-8-11-16/h6-8,10-11,14-15,19H,5,9,12-13H2,1-4H3,(H,21,24)(H,22,23)/t15-,19+/m1/s1. The number of esters is 1. The number of rotatable bonds is 10. The van der Waals surface area contributed by atoms with E-state index in [4.69, 9.17) is 4.74 Å². The number of benzene rings is 1. The van der Waals surface area contributed by atoms with Crippen molar-refractivity contribution in [1.29, 1.82) is 0 Å². The molecule has 0 heterocycles. The van der Waals surface area contributed by atoms with Gasteiger partial charge in [-0.3, -0.25) is 9.59 Å². The van der Waals surface area contributed by atoms with Gasteiger partial charge < -0.3 is 15.4 Å². The van der Waals surface area contributed by atoms with Crippen molar-refractivity contribution in [3.05, 3.63) is 35.9 Å². The predicted molar refractivity (Wildman–Crippen MR) is 100 cm³/mol. The molecule has 2 amide bonds. The molecule has 0 radical (unpaired) electrons. The van der Waals surface area contributed by atoms with Crippen LogP contribution in [-0.4, -0.2) is 36.5 Å². The number of amides is 2. The summed E-state index contributed by atoms with van der Waals surface area (Å²) >= 11 is 0. The number of hydrogen-bond donors (Lipinski definition) is 2. The zero-order valence-electron chi connectivity index (χ0n) is 16.1. The van der Waals surface area contributed by atoms with Gasteiger partial charge >= 0.3 is 5.97 Å². The lowest BCUT2D eigenvalue weighted by Crippen LogP contribution is -2.47. The van der Waals surface area contributed by atoms with Crippen LogP contribution in [0.1, 0.15) is 46.1 Å². The summed E-state index contributed by atoms with van der Waals surface area (Å²) in [4.78, 5) is 36.3. The lowest BCUT2D eigenvalue weighted by Gasteiger charge is -2.21. The minimum Gasteiger partial charge on any atom is -0.454 e. The van der Waals surface area contributed by atoms with Gasteiger partial charge in [0.1, 0.15) is 6.04 Å². The number of ether oxygens (including phenoxy) is 1. The van der Waals surface area contributed by atoms with Crippen molar-refractivity contribution in [1.82, 2.24) is 10.6 Å². The summed E-state index contributed by atoms with van der Waals surface area (Å²) in [5, 5.41) is 5.48. The van der Waals surface area contributed by atoms with E-state index >= 15 is 0 Å². The molecule has 2 N–H and O–H groups in total. The average Bonchev–Trinajstić information content (AvgIpc) is 2.58. The van der Waals surface area contributed by atoms with E-state index in [9.17, 15) is 14.4 Å². The number of carbonyl (C=O) groups is 3. The molecule has 0 aliphatic carbocycles. The molecule has 0 spiro atoms. The van der Waals surface area contributed by atoms with Crippen molar-refractivity contribution < 1.29 is 19.1 Å². The van der Waals surface area contributed by atoms with Crippen molar-refractivity contribution in [3.8, 4) is 0 Å². The summed E-state index contributed by atoms with van der Waals surface area (Å²) in [7, 11) is 0. The van der Waals surface area contributed by atoms with Crippen LogP contribution in [-0.2, 0) is 25.5 Å². The van der Waals surface area contributed by atoms with Crippen LogP contribution >= 0.6 is 0 Å². The smallest absolute Gasteiger partial charge is 0.329 e. The van der Waals surface area contributed by atoms with Gasteiger partial charge in [0.25, 0.3) is 5.91 Å². The zero-order valence-corrected chi connectivity index (χ0v) is 16.1. The minimum absolute atomic E-state index is 0.0395. The molecular formula is C20H30N2O4. The summed E-state index contributed by atoms with van der Waals surface area (Å²) < 4.78 is 5.09. The molecule has 26 heavy (non-hydrogen) atoms. The quantitative estimate of drug-likeness (QED) is 0.625. The Kier molecular flexibility index (Phi) is 9.41. The Balaban J connectivity index is 2.51. The van der Waals surface area contributed by atoms with Gasteiger partial charge in [0.2, 0.25) is 5.91 Å². The van der Waals surface area contributed by atoms with E-state index in [1.165, 1.54) is 0 Å². The van der Waals surface area contributed by atoms with Crippen LogP contribution in [0, 0.1) is 5.92 Å². The van der Waals surface area contributed by atoms with E-state index in [1.54, 1.807) is 0 Å². The molecule has 0 unspecified atom stereocenters. The Morgan fingerprint density at radius 3 is 2.23 bits per heavy atom. The molecule has 0 aliphatic heterocycles. The average molecular weight is 362 g/mol. The van der Waals surface area contributed by atoms with Gasteiger partial charge in [0.05, 0.1) is 6.42 Å². The molecule has 144 valence electrons. The molecule has 0 saturated heterocycles. The Bertz CT molecular complexity index is 587. The van der Waals surface area contributed by atoms with Crippen molar-refractivity contribution >= 4 is 17.8 Å². The Morgan fingerprint density at radius 1 is 1.00 bits per heavy atom. The van der Waals surface area contributed by atoms with Crippen LogP contribution < -0.4 is 10.6 Å². The molecule has 0 saturated carbocycles.